The third kappa shape index (κ3) is 4.64. The number of hydrogen-bond acceptors (Lipinski definition) is 5. The van der Waals surface area contributed by atoms with Gasteiger partial charge in [-0.15, -0.1) is 0 Å². The Hall–Kier alpha value is -3.75. The number of hydrogen-bond donors (Lipinski definition) is 4. The van der Waals surface area contributed by atoms with Crippen molar-refractivity contribution in [1.82, 2.24) is 5.32 Å². The number of aliphatic hydroxyl groups is 2. The number of aromatic carboxylic acids is 1. The number of halogens is 1. The van der Waals surface area contributed by atoms with Crippen LogP contribution in [0.25, 0.3) is 11.1 Å². The van der Waals surface area contributed by atoms with E-state index in [-0.39, 0.29) is 31.1 Å². The Kier molecular flexibility index (Phi) is 6.90. The lowest BCUT2D eigenvalue weighted by Crippen LogP contribution is -2.31. The van der Waals surface area contributed by atoms with Crippen LogP contribution < -0.4 is 5.32 Å². The Labute approximate surface area is 195 Å². The van der Waals surface area contributed by atoms with Gasteiger partial charge in [-0.05, 0) is 34.7 Å². The highest BCUT2D eigenvalue weighted by Crippen LogP contribution is 2.44. The largest absolute Gasteiger partial charge is 0.478 e. The predicted octanol–water partition coefficient (Wildman–Crippen LogP) is 3.85. The number of carbonyl (C=O) groups is 2. The van der Waals surface area contributed by atoms with Crippen molar-refractivity contribution in [3.8, 4) is 11.1 Å². The molecule has 0 fully saturated rings. The molecule has 0 saturated heterocycles. The molecule has 0 aromatic heterocycles. The van der Waals surface area contributed by atoms with Crippen LogP contribution in [0.5, 0.6) is 0 Å². The number of fused-ring (bicyclic) bond motifs is 3. The van der Waals surface area contributed by atoms with Gasteiger partial charge >= 0.3 is 12.1 Å². The van der Waals surface area contributed by atoms with Crippen LogP contribution in [-0.4, -0.2) is 46.6 Å². The summed E-state index contributed by atoms with van der Waals surface area (Å²) in [6.07, 6.45) is -3.85. The van der Waals surface area contributed by atoms with Gasteiger partial charge in [0, 0.05) is 18.0 Å². The number of rotatable bonds is 8. The maximum absolute atomic E-state index is 14.3. The van der Waals surface area contributed by atoms with Crippen molar-refractivity contribution in [1.29, 1.82) is 0 Å². The molecule has 0 saturated carbocycles. The van der Waals surface area contributed by atoms with Crippen molar-refractivity contribution in [2.75, 3.05) is 13.2 Å². The maximum atomic E-state index is 14.3. The lowest BCUT2D eigenvalue weighted by Gasteiger charge is -2.19. The Balaban J connectivity index is 1.30. The van der Waals surface area contributed by atoms with Gasteiger partial charge in [0.25, 0.3) is 0 Å². The zero-order valence-electron chi connectivity index (χ0n) is 18.1. The smallest absolute Gasteiger partial charge is 0.407 e. The number of aliphatic hydroxyl groups excluding tert-OH is 2. The van der Waals surface area contributed by atoms with Crippen LogP contribution in [0.15, 0.2) is 66.7 Å². The van der Waals surface area contributed by atoms with Crippen LogP contribution in [0, 0.1) is 5.82 Å². The molecule has 3 aromatic carbocycles. The molecule has 4 N–H and O–H groups in total. The van der Waals surface area contributed by atoms with Crippen LogP contribution >= 0.6 is 0 Å². The van der Waals surface area contributed by atoms with Gasteiger partial charge in [0.2, 0.25) is 0 Å². The Morgan fingerprint density at radius 3 is 2.18 bits per heavy atom. The minimum Gasteiger partial charge on any atom is -0.478 e. The van der Waals surface area contributed by atoms with Crippen LogP contribution in [0.4, 0.5) is 9.18 Å². The molecule has 7 nitrogen and oxygen atoms in total. The quantitative estimate of drug-likeness (QED) is 0.402. The number of alkyl carbamates (subject to hydrolysis) is 1. The fraction of sp³-hybridized carbons (Fsp3) is 0.231. The van der Waals surface area contributed by atoms with Gasteiger partial charge in [-0.3, -0.25) is 0 Å². The molecule has 0 aliphatic heterocycles. The second kappa shape index (κ2) is 10.0. The minimum atomic E-state index is -1.65. The number of carboxylic acids is 1. The summed E-state index contributed by atoms with van der Waals surface area (Å²) in [4.78, 5) is 23.3. The molecule has 3 aromatic rings. The van der Waals surface area contributed by atoms with Crippen molar-refractivity contribution in [2.24, 2.45) is 0 Å². The second-order valence-corrected chi connectivity index (χ2v) is 8.07. The summed E-state index contributed by atoms with van der Waals surface area (Å²) in [5.41, 5.74) is 3.47. The Morgan fingerprint density at radius 1 is 0.941 bits per heavy atom. The zero-order chi connectivity index (χ0) is 24.2. The van der Waals surface area contributed by atoms with Gasteiger partial charge in [0.15, 0.2) is 0 Å². The highest BCUT2D eigenvalue weighted by atomic mass is 19.1. The molecule has 0 bridgehead atoms. The summed E-state index contributed by atoms with van der Waals surface area (Å²) in [7, 11) is 0. The van der Waals surface area contributed by atoms with Gasteiger partial charge < -0.3 is 25.4 Å². The standard InChI is InChI=1S/C26H24FNO6/c27-23-19(10-5-11-20(23)25(31)32)24(30)22(29)12-13-28-26(33)34-14-21-17-8-3-1-6-15(17)16-7-2-4-9-18(16)21/h1-11,21-22,24,29-30H,12-14H2,(H,28,33)(H,31,32). The van der Waals surface area contributed by atoms with Crippen molar-refractivity contribution in [3.63, 3.8) is 0 Å². The van der Waals surface area contributed by atoms with Crippen molar-refractivity contribution in [3.05, 3.63) is 94.8 Å². The topological polar surface area (TPSA) is 116 Å². The summed E-state index contributed by atoms with van der Waals surface area (Å²) in [5, 5.41) is 32.0. The first-order valence-electron chi connectivity index (χ1n) is 10.8. The minimum absolute atomic E-state index is 0.0326. The summed E-state index contributed by atoms with van der Waals surface area (Å²) in [6, 6.07) is 19.5. The SMILES string of the molecule is O=C(NCCC(O)C(O)c1cccc(C(=O)O)c1F)OCC1c2ccccc2-c2ccccc21. The molecule has 2 atom stereocenters. The third-order valence-corrected chi connectivity index (χ3v) is 6.00. The van der Waals surface area contributed by atoms with E-state index in [9.17, 15) is 24.2 Å². The fourth-order valence-corrected chi connectivity index (χ4v) is 4.28. The van der Waals surface area contributed by atoms with Gasteiger partial charge in [-0.2, -0.15) is 0 Å². The van der Waals surface area contributed by atoms with Crippen LogP contribution in [0.1, 0.15) is 45.5 Å². The average molecular weight is 465 g/mol. The molecule has 176 valence electrons. The summed E-state index contributed by atoms with van der Waals surface area (Å²) >= 11 is 0. The summed E-state index contributed by atoms with van der Waals surface area (Å²) < 4.78 is 19.7. The first-order valence-corrected chi connectivity index (χ1v) is 10.8. The van der Waals surface area contributed by atoms with Crippen LogP contribution in [0.2, 0.25) is 0 Å². The van der Waals surface area contributed by atoms with Crippen molar-refractivity contribution < 1.29 is 34.0 Å². The van der Waals surface area contributed by atoms with Crippen molar-refractivity contribution >= 4 is 12.1 Å². The first kappa shape index (κ1) is 23.4. The van der Waals surface area contributed by atoms with E-state index >= 15 is 0 Å². The number of nitrogens with one attached hydrogen (secondary N) is 1. The number of ether oxygens (including phenoxy) is 1. The monoisotopic (exact) mass is 465 g/mol. The maximum Gasteiger partial charge on any atom is 0.407 e. The fourth-order valence-electron chi connectivity index (χ4n) is 4.28. The highest BCUT2D eigenvalue weighted by molar-refractivity contribution is 5.88. The molecule has 2 unspecified atom stereocenters. The average Bonchev–Trinajstić information content (AvgIpc) is 3.16. The van der Waals surface area contributed by atoms with Gasteiger partial charge in [-0.1, -0.05) is 60.7 Å². The molecule has 0 heterocycles. The van der Waals surface area contributed by atoms with Crippen molar-refractivity contribution in [2.45, 2.75) is 24.5 Å². The number of carboxylic acid groups (broad SMARTS) is 1. The van der Waals surface area contributed by atoms with E-state index in [0.29, 0.717) is 0 Å². The molecule has 1 aliphatic carbocycles. The molecule has 1 aliphatic rings. The van der Waals surface area contributed by atoms with Crippen LogP contribution in [0.3, 0.4) is 0 Å². The molecule has 1 amide bonds. The van der Waals surface area contributed by atoms with E-state index in [1.54, 1.807) is 0 Å². The van der Waals surface area contributed by atoms with Gasteiger partial charge in [0.05, 0.1) is 11.7 Å². The molecule has 0 radical (unpaired) electrons. The first-order chi connectivity index (χ1) is 16.4. The highest BCUT2D eigenvalue weighted by Gasteiger charge is 2.29. The molecular formula is C26H24FNO6. The summed E-state index contributed by atoms with van der Waals surface area (Å²) in [5.74, 6) is -2.67. The number of carbonyl (C=O) groups excluding carboxylic acids is 1. The van der Waals surface area contributed by atoms with Crippen LogP contribution in [-0.2, 0) is 4.74 Å². The lowest BCUT2D eigenvalue weighted by molar-refractivity contribution is 0.0115. The van der Waals surface area contributed by atoms with E-state index in [4.69, 9.17) is 9.84 Å². The Bertz CT molecular complexity index is 1170. The predicted molar refractivity (Wildman–Crippen MR) is 122 cm³/mol. The van der Waals surface area contributed by atoms with E-state index in [2.05, 4.69) is 5.32 Å². The lowest BCUT2D eigenvalue weighted by atomic mass is 9.98. The zero-order valence-corrected chi connectivity index (χ0v) is 18.1. The molecule has 0 spiro atoms. The molecule has 4 rings (SSSR count). The van der Waals surface area contributed by atoms with E-state index in [0.717, 1.165) is 28.3 Å². The normalized spacial score (nSPS) is 14.1. The van der Waals surface area contributed by atoms with E-state index in [1.165, 1.54) is 12.1 Å². The molecular weight excluding hydrogens is 441 g/mol. The Morgan fingerprint density at radius 2 is 1.56 bits per heavy atom. The molecule has 8 heteroatoms. The number of benzene rings is 3. The van der Waals surface area contributed by atoms with Gasteiger partial charge in [-0.25, -0.2) is 14.0 Å². The summed E-state index contributed by atoms with van der Waals surface area (Å²) in [6.45, 7) is 0.105. The second-order valence-electron chi connectivity index (χ2n) is 8.07. The molecule has 34 heavy (non-hydrogen) atoms. The number of amides is 1. The van der Waals surface area contributed by atoms with E-state index < -0.39 is 35.7 Å². The third-order valence-electron chi connectivity index (χ3n) is 6.00. The van der Waals surface area contributed by atoms with Gasteiger partial charge in [0.1, 0.15) is 18.5 Å². The van der Waals surface area contributed by atoms with E-state index in [1.807, 2.05) is 48.5 Å².